The van der Waals surface area contributed by atoms with Crippen LogP contribution in [0.25, 0.3) is 22.3 Å². The average Bonchev–Trinajstić information content (AvgIpc) is 3.34. The predicted octanol–water partition coefficient (Wildman–Crippen LogP) is 6.98. The lowest BCUT2D eigenvalue weighted by Crippen LogP contribution is -2.30. The summed E-state index contributed by atoms with van der Waals surface area (Å²) in [6.07, 6.45) is 1.74. The fourth-order valence-electron chi connectivity index (χ4n) is 4.13. The molecule has 0 spiro atoms. The molecule has 0 saturated carbocycles. The van der Waals surface area contributed by atoms with Crippen molar-refractivity contribution in [1.29, 1.82) is 10.8 Å². The molecule has 0 saturated heterocycles. The molecule has 0 aliphatic rings. The molecule has 4 N–H and O–H groups in total. The Labute approximate surface area is 230 Å². The second kappa shape index (κ2) is 13.0. The molecule has 0 fully saturated rings. The van der Waals surface area contributed by atoms with Crippen LogP contribution in [0.3, 0.4) is 0 Å². The van der Waals surface area contributed by atoms with Gasteiger partial charge in [-0.15, -0.1) is 0 Å². The van der Waals surface area contributed by atoms with Crippen LogP contribution in [-0.4, -0.2) is 37.0 Å². The van der Waals surface area contributed by atoms with Crippen LogP contribution in [-0.2, 0) is 0 Å². The molecule has 7 nitrogen and oxygen atoms in total. The summed E-state index contributed by atoms with van der Waals surface area (Å²) in [6.45, 7) is 9.28. The summed E-state index contributed by atoms with van der Waals surface area (Å²) < 4.78 is 17.9. The van der Waals surface area contributed by atoms with Gasteiger partial charge < -0.3 is 24.5 Å². The summed E-state index contributed by atoms with van der Waals surface area (Å²) in [6, 6.07) is 23.8. The standard InChI is InChI=1S/C32H38N4O3/c1-21(2)35-31(33)23-10-13-27(14-11-23)37-16-5-6-17-38-28-9-7-8-24(19-28)30-20-26-18-25(12-15-29(26)39-30)32(34)36-22(3)4/h7-15,18-22H,5-6,16-17H2,1-4H3,(H2,33,35)(H2,34,36). The Kier molecular flexibility index (Phi) is 9.26. The second-order valence-corrected chi connectivity index (χ2v) is 10.2. The van der Waals surface area contributed by atoms with Gasteiger partial charge in [0.15, 0.2) is 0 Å². The Hall–Kier alpha value is -4.26. The third kappa shape index (κ3) is 7.87. The minimum absolute atomic E-state index is 0.204. The normalized spacial score (nSPS) is 11.1. The second-order valence-electron chi connectivity index (χ2n) is 10.2. The lowest BCUT2D eigenvalue weighted by atomic mass is 10.1. The van der Waals surface area contributed by atoms with E-state index in [2.05, 4.69) is 10.6 Å². The van der Waals surface area contributed by atoms with E-state index in [1.165, 1.54) is 0 Å². The van der Waals surface area contributed by atoms with Gasteiger partial charge in [0.1, 0.15) is 34.5 Å². The topological polar surface area (TPSA) is 103 Å². The summed E-state index contributed by atoms with van der Waals surface area (Å²) in [4.78, 5) is 0. The van der Waals surface area contributed by atoms with Crippen molar-refractivity contribution >= 4 is 22.6 Å². The lowest BCUT2D eigenvalue weighted by molar-refractivity contribution is 0.266. The van der Waals surface area contributed by atoms with E-state index in [1.54, 1.807) is 0 Å². The van der Waals surface area contributed by atoms with Crippen LogP contribution in [0.1, 0.15) is 51.7 Å². The van der Waals surface area contributed by atoms with E-state index < -0.39 is 0 Å². The van der Waals surface area contributed by atoms with Crippen molar-refractivity contribution in [3.8, 4) is 22.8 Å². The molecule has 0 aliphatic carbocycles. The molecule has 4 rings (SSSR count). The molecule has 0 aliphatic heterocycles. The monoisotopic (exact) mass is 526 g/mol. The van der Waals surface area contributed by atoms with Gasteiger partial charge in [-0.25, -0.2) is 0 Å². The van der Waals surface area contributed by atoms with Crippen molar-refractivity contribution in [1.82, 2.24) is 10.6 Å². The molecule has 1 aromatic heterocycles. The first kappa shape index (κ1) is 27.8. The third-order valence-electron chi connectivity index (χ3n) is 6.01. The molecule has 204 valence electrons. The van der Waals surface area contributed by atoms with Gasteiger partial charge in [0, 0.05) is 34.2 Å². The van der Waals surface area contributed by atoms with Gasteiger partial charge in [-0.2, -0.15) is 0 Å². The number of unbranched alkanes of at least 4 members (excludes halogenated alkanes) is 1. The van der Waals surface area contributed by atoms with Crippen molar-refractivity contribution in [3.63, 3.8) is 0 Å². The summed E-state index contributed by atoms with van der Waals surface area (Å²) >= 11 is 0. The number of furan rings is 1. The Bertz CT molecular complexity index is 1410. The Morgan fingerprint density at radius 1 is 0.718 bits per heavy atom. The third-order valence-corrected chi connectivity index (χ3v) is 6.01. The summed E-state index contributed by atoms with van der Waals surface area (Å²) in [5.74, 6) is 3.19. The van der Waals surface area contributed by atoms with Crippen molar-refractivity contribution in [3.05, 3.63) is 83.9 Å². The largest absolute Gasteiger partial charge is 0.494 e. The quantitative estimate of drug-likeness (QED) is 0.0905. The van der Waals surface area contributed by atoms with Crippen LogP contribution in [0.4, 0.5) is 0 Å². The number of amidine groups is 2. The molecule has 0 bridgehead atoms. The smallest absolute Gasteiger partial charge is 0.135 e. The maximum absolute atomic E-state index is 8.25. The highest BCUT2D eigenvalue weighted by Gasteiger charge is 2.10. The molecule has 4 aromatic rings. The summed E-state index contributed by atoms with van der Waals surface area (Å²) in [5, 5.41) is 23.5. The minimum atomic E-state index is 0.204. The van der Waals surface area contributed by atoms with Crippen LogP contribution < -0.4 is 20.1 Å². The highest BCUT2D eigenvalue weighted by atomic mass is 16.5. The number of fused-ring (bicyclic) bond motifs is 1. The molecular formula is C32H38N4O3. The van der Waals surface area contributed by atoms with Crippen molar-refractivity contribution < 1.29 is 13.9 Å². The van der Waals surface area contributed by atoms with Gasteiger partial charge in [-0.05, 0) is 101 Å². The highest BCUT2D eigenvalue weighted by Crippen LogP contribution is 2.30. The van der Waals surface area contributed by atoms with E-state index in [0.29, 0.717) is 24.9 Å². The van der Waals surface area contributed by atoms with E-state index in [-0.39, 0.29) is 12.1 Å². The predicted molar refractivity (Wildman–Crippen MR) is 159 cm³/mol. The van der Waals surface area contributed by atoms with E-state index in [4.69, 9.17) is 24.7 Å². The summed E-state index contributed by atoms with van der Waals surface area (Å²) in [5.41, 5.74) is 3.42. The van der Waals surface area contributed by atoms with Gasteiger partial charge in [-0.3, -0.25) is 10.8 Å². The maximum atomic E-state index is 8.25. The molecule has 0 atom stereocenters. The first-order chi connectivity index (χ1) is 18.8. The molecule has 1 heterocycles. The van der Waals surface area contributed by atoms with E-state index in [1.807, 2.05) is 100 Å². The maximum Gasteiger partial charge on any atom is 0.135 e. The number of nitrogens with one attached hydrogen (secondary N) is 4. The van der Waals surface area contributed by atoms with E-state index >= 15 is 0 Å². The number of rotatable bonds is 12. The average molecular weight is 527 g/mol. The molecule has 0 radical (unpaired) electrons. The lowest BCUT2D eigenvalue weighted by Gasteiger charge is -2.12. The van der Waals surface area contributed by atoms with E-state index in [0.717, 1.165) is 57.8 Å². The Balaban J connectivity index is 1.25. The zero-order valence-electron chi connectivity index (χ0n) is 23.1. The minimum Gasteiger partial charge on any atom is -0.494 e. The SMILES string of the molecule is CC(C)NC(=N)c1ccc(OCCCCOc2cccc(-c3cc4cc(C(=N)NC(C)C)ccc4o3)c2)cc1. The summed E-state index contributed by atoms with van der Waals surface area (Å²) in [7, 11) is 0. The van der Waals surface area contributed by atoms with Crippen molar-refractivity contribution in [2.24, 2.45) is 0 Å². The first-order valence-corrected chi connectivity index (χ1v) is 13.5. The number of hydrogen-bond acceptors (Lipinski definition) is 5. The molecule has 0 unspecified atom stereocenters. The van der Waals surface area contributed by atoms with Gasteiger partial charge in [-0.1, -0.05) is 12.1 Å². The molecule has 39 heavy (non-hydrogen) atoms. The van der Waals surface area contributed by atoms with Crippen molar-refractivity contribution in [2.45, 2.75) is 52.6 Å². The van der Waals surface area contributed by atoms with Gasteiger partial charge in [0.2, 0.25) is 0 Å². The van der Waals surface area contributed by atoms with Crippen LogP contribution in [0.5, 0.6) is 11.5 Å². The Morgan fingerprint density at radius 2 is 1.33 bits per heavy atom. The van der Waals surface area contributed by atoms with Gasteiger partial charge in [0.05, 0.1) is 13.2 Å². The number of hydrogen-bond donors (Lipinski definition) is 4. The first-order valence-electron chi connectivity index (χ1n) is 13.5. The van der Waals surface area contributed by atoms with Crippen LogP contribution in [0.2, 0.25) is 0 Å². The zero-order valence-corrected chi connectivity index (χ0v) is 23.1. The van der Waals surface area contributed by atoms with Crippen LogP contribution in [0, 0.1) is 10.8 Å². The molecule has 3 aromatic carbocycles. The zero-order chi connectivity index (χ0) is 27.8. The van der Waals surface area contributed by atoms with Gasteiger partial charge in [0.25, 0.3) is 0 Å². The highest BCUT2D eigenvalue weighted by molar-refractivity contribution is 6.00. The van der Waals surface area contributed by atoms with E-state index in [9.17, 15) is 0 Å². The fraction of sp³-hybridized carbons (Fsp3) is 0.312. The van der Waals surface area contributed by atoms with Gasteiger partial charge >= 0.3 is 0 Å². The fourth-order valence-corrected chi connectivity index (χ4v) is 4.13. The van der Waals surface area contributed by atoms with Crippen LogP contribution >= 0.6 is 0 Å². The number of ether oxygens (including phenoxy) is 2. The van der Waals surface area contributed by atoms with Crippen LogP contribution in [0.15, 0.2) is 77.2 Å². The molecule has 7 heteroatoms. The molecular weight excluding hydrogens is 488 g/mol. The van der Waals surface area contributed by atoms with Crippen molar-refractivity contribution in [2.75, 3.05) is 13.2 Å². The Morgan fingerprint density at radius 3 is 2.00 bits per heavy atom. The molecule has 0 amide bonds. The number of benzene rings is 3.